The molecule has 0 aliphatic rings. The molecule has 4 heteroatoms. The highest BCUT2D eigenvalue weighted by Gasteiger charge is 2.19. The summed E-state index contributed by atoms with van der Waals surface area (Å²) < 4.78 is 45.5. The zero-order valence-corrected chi connectivity index (χ0v) is 29.5. The molecule has 0 saturated carbocycles. The van der Waals surface area contributed by atoms with Crippen molar-refractivity contribution in [3.8, 4) is 73.2 Å². The van der Waals surface area contributed by atoms with E-state index < -0.39 is 18.1 Å². The van der Waals surface area contributed by atoms with Crippen LogP contribution >= 0.6 is 0 Å². The third kappa shape index (κ3) is 6.06. The molecule has 4 nitrogen and oxygen atoms in total. The van der Waals surface area contributed by atoms with Gasteiger partial charge in [0.1, 0.15) is 0 Å². The van der Waals surface area contributed by atoms with Crippen molar-refractivity contribution in [2.75, 3.05) is 0 Å². The van der Waals surface area contributed by atoms with Gasteiger partial charge in [-0.05, 0) is 58.1 Å². The number of para-hydroxylation sites is 2. The lowest BCUT2D eigenvalue weighted by Crippen LogP contribution is -2.02. The number of nitrogens with zero attached hydrogens (tertiary/aromatic N) is 4. The van der Waals surface area contributed by atoms with Crippen LogP contribution < -0.4 is 0 Å². The van der Waals surface area contributed by atoms with Gasteiger partial charge in [-0.15, -0.1) is 0 Å². The Balaban J connectivity index is 1.20. The topological polar surface area (TPSA) is 43.6 Å². The van der Waals surface area contributed by atoms with E-state index >= 15 is 0 Å². The molecule has 0 unspecified atom stereocenters. The van der Waals surface area contributed by atoms with Crippen molar-refractivity contribution in [1.29, 1.82) is 0 Å². The summed E-state index contributed by atoms with van der Waals surface area (Å²) in [5, 5.41) is 2.04. The van der Waals surface area contributed by atoms with E-state index in [0.717, 1.165) is 55.2 Å². The van der Waals surface area contributed by atoms with Crippen LogP contribution in [0.15, 0.2) is 206 Å². The van der Waals surface area contributed by atoms with Gasteiger partial charge >= 0.3 is 0 Å². The number of rotatable bonds is 7. The van der Waals surface area contributed by atoms with Crippen molar-refractivity contribution in [2.24, 2.45) is 0 Å². The zero-order chi connectivity index (χ0) is 40.9. The number of fused-ring (bicyclic) bond motifs is 3. The van der Waals surface area contributed by atoms with Crippen molar-refractivity contribution in [1.82, 2.24) is 19.5 Å². The van der Waals surface area contributed by atoms with E-state index in [0.29, 0.717) is 34.3 Å². The largest absolute Gasteiger partial charge is 0.309 e. The lowest BCUT2D eigenvalue weighted by Gasteiger charge is -2.16. The molecular weight excluding hydrogens is 669 g/mol. The standard InChI is InChI=1S/C51H34N4/c1-4-16-35(17-5-1)38-22-14-23-39(32-38)40-24-15-25-41(33-40)50-52-49(37-20-8-3-9-21-37)53-51(54-50)42-30-31-43(36-18-6-2-7-19-36)48(34-42)55-46-28-12-10-26-44(46)45-27-11-13-29-47(45)55/h1-34H/i2D,6D,7D,18D,19D. The molecule has 2 aromatic heterocycles. The van der Waals surface area contributed by atoms with Crippen LogP contribution in [-0.2, 0) is 0 Å². The fourth-order valence-electron chi connectivity index (χ4n) is 7.33. The molecule has 55 heavy (non-hydrogen) atoms. The number of hydrogen-bond donors (Lipinski definition) is 0. The van der Waals surface area contributed by atoms with Gasteiger partial charge in [-0.1, -0.05) is 176 Å². The molecule has 8 aromatic carbocycles. The fourth-order valence-corrected chi connectivity index (χ4v) is 7.33. The van der Waals surface area contributed by atoms with E-state index in [-0.39, 0.29) is 17.6 Å². The van der Waals surface area contributed by atoms with E-state index in [1.54, 1.807) is 0 Å². The Hall–Kier alpha value is -7.43. The summed E-state index contributed by atoms with van der Waals surface area (Å²) in [7, 11) is 0. The minimum atomic E-state index is -0.442. The second kappa shape index (κ2) is 13.8. The molecule has 0 amide bonds. The highest BCUT2D eigenvalue weighted by molar-refractivity contribution is 6.09. The second-order valence-corrected chi connectivity index (χ2v) is 13.3. The predicted molar refractivity (Wildman–Crippen MR) is 227 cm³/mol. The first-order valence-electron chi connectivity index (χ1n) is 20.6. The Bertz CT molecular complexity index is 3190. The summed E-state index contributed by atoms with van der Waals surface area (Å²) in [5.41, 5.74) is 9.66. The fraction of sp³-hybridized carbons (Fsp3) is 0. The van der Waals surface area contributed by atoms with Crippen LogP contribution in [0.3, 0.4) is 0 Å². The zero-order valence-electron chi connectivity index (χ0n) is 34.5. The van der Waals surface area contributed by atoms with Crippen LogP contribution in [0.4, 0.5) is 0 Å². The lowest BCUT2D eigenvalue weighted by atomic mass is 9.98. The van der Waals surface area contributed by atoms with Crippen LogP contribution in [0.5, 0.6) is 0 Å². The molecule has 10 aromatic rings. The normalized spacial score (nSPS) is 12.5. The Morgan fingerprint density at radius 2 is 0.800 bits per heavy atom. The first-order valence-corrected chi connectivity index (χ1v) is 18.1. The van der Waals surface area contributed by atoms with Crippen LogP contribution in [0.2, 0.25) is 0 Å². The van der Waals surface area contributed by atoms with Crippen molar-refractivity contribution in [3.05, 3.63) is 206 Å². The maximum Gasteiger partial charge on any atom is 0.164 e. The molecule has 0 aliphatic heterocycles. The van der Waals surface area contributed by atoms with Gasteiger partial charge in [0.15, 0.2) is 17.5 Å². The monoisotopic (exact) mass is 707 g/mol. The van der Waals surface area contributed by atoms with E-state index in [2.05, 4.69) is 65.2 Å². The second-order valence-electron chi connectivity index (χ2n) is 13.3. The summed E-state index contributed by atoms with van der Waals surface area (Å²) in [4.78, 5) is 15.2. The van der Waals surface area contributed by atoms with Gasteiger partial charge in [-0.2, -0.15) is 0 Å². The molecular formula is C51H34N4. The van der Waals surface area contributed by atoms with Gasteiger partial charge in [0.05, 0.1) is 23.6 Å². The highest BCUT2D eigenvalue weighted by atomic mass is 15.0. The summed E-state index contributed by atoms with van der Waals surface area (Å²) >= 11 is 0. The maximum absolute atomic E-state index is 9.01. The van der Waals surface area contributed by atoms with Gasteiger partial charge in [0.25, 0.3) is 0 Å². The molecule has 0 fully saturated rings. The number of aromatic nitrogens is 4. The highest BCUT2D eigenvalue weighted by Crippen LogP contribution is 2.38. The first-order chi connectivity index (χ1) is 29.3. The van der Waals surface area contributed by atoms with Crippen LogP contribution in [0, 0.1) is 0 Å². The van der Waals surface area contributed by atoms with Crippen LogP contribution in [0.25, 0.3) is 95.0 Å². The Kier molecular flexibility index (Phi) is 6.85. The molecule has 0 N–H and O–H groups in total. The SMILES string of the molecule is [2H]c1c([2H])c([2H])c(-c2ccc(-c3nc(-c4ccccc4)nc(-c4cccc(-c5cccc(-c6ccccc6)c5)c4)n3)cc2-n2c3ccccc3c3ccccc32)c([2H])c1[2H]. The molecule has 258 valence electrons. The Morgan fingerprint density at radius 1 is 0.345 bits per heavy atom. The van der Waals surface area contributed by atoms with E-state index in [9.17, 15) is 0 Å². The Morgan fingerprint density at radius 3 is 1.42 bits per heavy atom. The molecule has 2 heterocycles. The molecule has 0 saturated heterocycles. The van der Waals surface area contributed by atoms with Gasteiger partial charge in [-0.25, -0.2) is 15.0 Å². The van der Waals surface area contributed by atoms with E-state index in [1.807, 2.05) is 115 Å². The van der Waals surface area contributed by atoms with Crippen molar-refractivity contribution in [3.63, 3.8) is 0 Å². The third-order valence-electron chi connectivity index (χ3n) is 9.94. The number of hydrogen-bond acceptors (Lipinski definition) is 3. The average molecular weight is 708 g/mol. The summed E-state index contributed by atoms with van der Waals surface area (Å²) in [5.74, 6) is 1.41. The number of benzene rings is 8. The Labute approximate surface area is 326 Å². The predicted octanol–water partition coefficient (Wildman–Crippen LogP) is 13.0. The van der Waals surface area contributed by atoms with Gasteiger partial charge in [0.2, 0.25) is 0 Å². The molecule has 0 bridgehead atoms. The van der Waals surface area contributed by atoms with Gasteiger partial charge in [0, 0.05) is 33.0 Å². The van der Waals surface area contributed by atoms with Crippen molar-refractivity contribution in [2.45, 2.75) is 0 Å². The van der Waals surface area contributed by atoms with E-state index in [4.69, 9.17) is 21.8 Å². The lowest BCUT2D eigenvalue weighted by molar-refractivity contribution is 1.07. The van der Waals surface area contributed by atoms with Crippen LogP contribution in [-0.4, -0.2) is 19.5 Å². The summed E-state index contributed by atoms with van der Waals surface area (Å²) in [6.45, 7) is 0. The minimum absolute atomic E-state index is 0.110. The quantitative estimate of drug-likeness (QED) is 0.166. The average Bonchev–Trinajstić information content (AvgIpc) is 3.65. The molecule has 0 spiro atoms. The first kappa shape index (κ1) is 27.2. The smallest absolute Gasteiger partial charge is 0.164 e. The summed E-state index contributed by atoms with van der Waals surface area (Å²) in [6, 6.07) is 56.8. The molecule has 0 aliphatic carbocycles. The molecule has 10 rings (SSSR count). The molecule has 0 atom stereocenters. The van der Waals surface area contributed by atoms with E-state index in [1.165, 1.54) is 0 Å². The van der Waals surface area contributed by atoms with Gasteiger partial charge < -0.3 is 4.57 Å². The van der Waals surface area contributed by atoms with Crippen molar-refractivity contribution >= 4 is 21.8 Å². The molecule has 0 radical (unpaired) electrons. The van der Waals surface area contributed by atoms with Gasteiger partial charge in [-0.3, -0.25) is 0 Å². The third-order valence-corrected chi connectivity index (χ3v) is 9.94. The summed E-state index contributed by atoms with van der Waals surface area (Å²) in [6.07, 6.45) is 0. The maximum atomic E-state index is 9.01. The van der Waals surface area contributed by atoms with Crippen molar-refractivity contribution < 1.29 is 6.85 Å². The van der Waals surface area contributed by atoms with Crippen LogP contribution in [0.1, 0.15) is 6.85 Å². The minimum Gasteiger partial charge on any atom is -0.309 e.